The van der Waals surface area contributed by atoms with E-state index in [-0.39, 0.29) is 11.8 Å². The minimum atomic E-state index is -0.0696. The van der Waals surface area contributed by atoms with E-state index in [1.807, 2.05) is 13.8 Å². The number of carbonyl (C=O) groups excluding carboxylic acids is 1. The lowest BCUT2D eigenvalue weighted by molar-refractivity contribution is -0.120. The van der Waals surface area contributed by atoms with E-state index in [2.05, 4.69) is 97.9 Å². The molecule has 2 atom stereocenters. The van der Waals surface area contributed by atoms with E-state index in [0.717, 1.165) is 43.6 Å². The number of allylic oxidation sites excluding steroid dienone is 4. The molecule has 42 heavy (non-hydrogen) atoms. The van der Waals surface area contributed by atoms with Crippen molar-refractivity contribution in [1.82, 2.24) is 0 Å². The zero-order valence-corrected chi connectivity index (χ0v) is 26.2. The molecule has 0 aromatic heterocycles. The monoisotopic (exact) mass is 558 g/mol. The molecule has 0 heterocycles. The predicted molar refractivity (Wildman–Crippen MR) is 178 cm³/mol. The molecule has 1 nitrogen and oxygen atoms in total. The van der Waals surface area contributed by atoms with Crippen molar-refractivity contribution in [2.45, 2.75) is 103 Å². The summed E-state index contributed by atoms with van der Waals surface area (Å²) in [4.78, 5) is 14.6. The molecule has 0 amide bonds. The van der Waals surface area contributed by atoms with Crippen molar-refractivity contribution < 1.29 is 4.79 Å². The van der Waals surface area contributed by atoms with Gasteiger partial charge in [-0.25, -0.2) is 0 Å². The minimum absolute atomic E-state index is 0.0674. The van der Waals surface area contributed by atoms with Crippen LogP contribution in [0.15, 0.2) is 108 Å². The van der Waals surface area contributed by atoms with Crippen LogP contribution in [0.25, 0.3) is 0 Å². The van der Waals surface area contributed by atoms with Crippen LogP contribution in [0, 0.1) is 11.8 Å². The standard InChI is InChI=1S/C39H44O.C2H6/c1-28-17-21-33-24-20-30(26-29-18-22-32(23-19-29)31-11-5-2-6-12-31)27-36(33)39(40)37(25-28)38(34-13-7-3-8-14-34)35-15-9-4-10-16-35;1-2/h3-4,7-10,13-19,22-23,30-31,37-38H,2,5-6,11-12,20-21,24-27H2,1H3;1-2H3/b28-17-;. The number of hydrogen-bond acceptors (Lipinski definition) is 1. The van der Waals surface area contributed by atoms with Crippen LogP contribution in [-0.4, -0.2) is 5.78 Å². The first kappa shape index (κ1) is 30.3. The smallest absolute Gasteiger partial charge is 0.163 e. The van der Waals surface area contributed by atoms with Crippen molar-refractivity contribution >= 4 is 5.78 Å². The summed E-state index contributed by atoms with van der Waals surface area (Å²) in [7, 11) is 0. The zero-order chi connectivity index (χ0) is 29.3. The molecular formula is C41H50O. The highest BCUT2D eigenvalue weighted by Crippen LogP contribution is 2.43. The average Bonchev–Trinajstić information content (AvgIpc) is 3.06. The van der Waals surface area contributed by atoms with Crippen LogP contribution in [0.2, 0.25) is 0 Å². The van der Waals surface area contributed by atoms with Gasteiger partial charge in [-0.3, -0.25) is 4.79 Å². The largest absolute Gasteiger partial charge is 0.294 e. The quantitative estimate of drug-likeness (QED) is 0.275. The Morgan fingerprint density at radius 1 is 0.738 bits per heavy atom. The van der Waals surface area contributed by atoms with Crippen molar-refractivity contribution in [3.8, 4) is 0 Å². The van der Waals surface area contributed by atoms with Crippen molar-refractivity contribution in [3.63, 3.8) is 0 Å². The van der Waals surface area contributed by atoms with Gasteiger partial charge in [0.1, 0.15) is 0 Å². The first-order chi connectivity index (χ1) is 20.7. The van der Waals surface area contributed by atoms with E-state index in [9.17, 15) is 4.79 Å². The van der Waals surface area contributed by atoms with E-state index in [0.29, 0.717) is 11.7 Å². The van der Waals surface area contributed by atoms with Gasteiger partial charge in [-0.1, -0.05) is 135 Å². The van der Waals surface area contributed by atoms with Gasteiger partial charge in [0.05, 0.1) is 0 Å². The second-order valence-electron chi connectivity index (χ2n) is 12.7. The number of ketones is 1. The Morgan fingerprint density at radius 3 is 1.98 bits per heavy atom. The molecular weight excluding hydrogens is 508 g/mol. The minimum Gasteiger partial charge on any atom is -0.294 e. The van der Waals surface area contributed by atoms with E-state index in [1.54, 1.807) is 0 Å². The Hall–Kier alpha value is -3.19. The lowest BCUT2D eigenvalue weighted by Gasteiger charge is -2.34. The van der Waals surface area contributed by atoms with E-state index >= 15 is 0 Å². The average molecular weight is 559 g/mol. The highest BCUT2D eigenvalue weighted by Gasteiger charge is 2.36. The van der Waals surface area contributed by atoms with Crippen LogP contribution in [0.1, 0.15) is 119 Å². The first-order valence-electron chi connectivity index (χ1n) is 16.7. The van der Waals surface area contributed by atoms with Gasteiger partial charge in [-0.05, 0) is 98.0 Å². The maximum absolute atomic E-state index is 14.6. The normalized spacial score (nSPS) is 22.8. The molecule has 3 aromatic rings. The van der Waals surface area contributed by atoms with Gasteiger partial charge in [-0.15, -0.1) is 0 Å². The van der Waals surface area contributed by atoms with Crippen LogP contribution < -0.4 is 0 Å². The maximum atomic E-state index is 14.6. The van der Waals surface area contributed by atoms with E-state index in [4.69, 9.17) is 0 Å². The molecule has 220 valence electrons. The summed E-state index contributed by atoms with van der Waals surface area (Å²) in [6, 6.07) is 31.0. The van der Waals surface area contributed by atoms with Crippen LogP contribution in [0.5, 0.6) is 0 Å². The first-order valence-corrected chi connectivity index (χ1v) is 16.7. The molecule has 1 fully saturated rings. The molecule has 0 N–H and O–H groups in total. The fourth-order valence-corrected chi connectivity index (χ4v) is 7.72. The lowest BCUT2D eigenvalue weighted by atomic mass is 9.69. The highest BCUT2D eigenvalue weighted by molar-refractivity contribution is 5.99. The van der Waals surface area contributed by atoms with Crippen LogP contribution in [0.3, 0.4) is 0 Å². The maximum Gasteiger partial charge on any atom is 0.163 e. The van der Waals surface area contributed by atoms with Crippen molar-refractivity contribution in [3.05, 3.63) is 130 Å². The lowest BCUT2D eigenvalue weighted by Crippen LogP contribution is -2.29. The van der Waals surface area contributed by atoms with Gasteiger partial charge >= 0.3 is 0 Å². The second kappa shape index (κ2) is 14.8. The third-order valence-electron chi connectivity index (χ3n) is 9.95. The molecule has 3 aromatic carbocycles. The Bertz CT molecular complexity index is 1300. The van der Waals surface area contributed by atoms with Gasteiger partial charge in [-0.2, -0.15) is 0 Å². The molecule has 0 bridgehead atoms. The summed E-state index contributed by atoms with van der Waals surface area (Å²) >= 11 is 0. The SMILES string of the molecule is C/C1=C/CC2=C(CC(Cc3ccc(C4CCCCC4)cc3)CC2)C(=O)C(C(c2ccccc2)c2ccccc2)C1.CC. The molecule has 1 heteroatoms. The molecule has 0 aliphatic heterocycles. The van der Waals surface area contributed by atoms with Gasteiger partial charge in [0, 0.05) is 11.8 Å². The number of hydrogen-bond donors (Lipinski definition) is 0. The Labute approximate surface area is 255 Å². The Kier molecular flexibility index (Phi) is 10.7. The van der Waals surface area contributed by atoms with Crippen molar-refractivity contribution in [2.24, 2.45) is 11.8 Å². The van der Waals surface area contributed by atoms with Gasteiger partial charge in [0.2, 0.25) is 0 Å². The molecule has 0 spiro atoms. The Morgan fingerprint density at radius 2 is 1.36 bits per heavy atom. The summed E-state index contributed by atoms with van der Waals surface area (Å²) in [5, 5.41) is 0. The fourth-order valence-electron chi connectivity index (χ4n) is 7.72. The van der Waals surface area contributed by atoms with Gasteiger partial charge in [0.25, 0.3) is 0 Å². The molecule has 0 radical (unpaired) electrons. The number of Topliss-reactive ketones (excluding diaryl/α,β-unsaturated/α-hetero) is 1. The Balaban J connectivity index is 0.00000173. The molecule has 1 saturated carbocycles. The third-order valence-corrected chi connectivity index (χ3v) is 9.95. The van der Waals surface area contributed by atoms with Gasteiger partial charge in [0.15, 0.2) is 5.78 Å². The summed E-state index contributed by atoms with van der Waals surface area (Å²) in [6.45, 7) is 6.22. The van der Waals surface area contributed by atoms with E-state index < -0.39 is 0 Å². The van der Waals surface area contributed by atoms with Crippen molar-refractivity contribution in [2.75, 3.05) is 0 Å². The van der Waals surface area contributed by atoms with Crippen LogP contribution in [0.4, 0.5) is 0 Å². The third kappa shape index (κ3) is 7.23. The number of benzene rings is 3. The summed E-state index contributed by atoms with van der Waals surface area (Å²) in [5.41, 5.74) is 9.36. The molecule has 3 aliphatic rings. The van der Waals surface area contributed by atoms with E-state index in [1.165, 1.54) is 71.9 Å². The number of carbonyl (C=O) groups is 1. The molecule has 6 rings (SSSR count). The topological polar surface area (TPSA) is 17.1 Å². The summed E-state index contributed by atoms with van der Waals surface area (Å²) in [6.07, 6.45) is 15.3. The highest BCUT2D eigenvalue weighted by atomic mass is 16.1. The molecule has 2 unspecified atom stereocenters. The fraction of sp³-hybridized carbons (Fsp3) is 0.439. The summed E-state index contributed by atoms with van der Waals surface area (Å²) < 4.78 is 0. The molecule has 0 saturated heterocycles. The predicted octanol–water partition coefficient (Wildman–Crippen LogP) is 11.2. The van der Waals surface area contributed by atoms with Gasteiger partial charge < -0.3 is 0 Å². The summed E-state index contributed by atoms with van der Waals surface area (Å²) in [5.74, 6) is 1.70. The van der Waals surface area contributed by atoms with Crippen LogP contribution >= 0.6 is 0 Å². The second-order valence-corrected chi connectivity index (χ2v) is 12.7. The van der Waals surface area contributed by atoms with Crippen molar-refractivity contribution in [1.29, 1.82) is 0 Å². The number of rotatable bonds is 6. The van der Waals surface area contributed by atoms with Crippen LogP contribution in [-0.2, 0) is 11.2 Å². The molecule has 3 aliphatic carbocycles. The zero-order valence-electron chi connectivity index (χ0n) is 26.2.